The predicted molar refractivity (Wildman–Crippen MR) is 86.0 cm³/mol. The summed E-state index contributed by atoms with van der Waals surface area (Å²) in [4.78, 5) is 45.0. The van der Waals surface area contributed by atoms with Crippen molar-refractivity contribution in [2.45, 2.75) is 25.8 Å². The van der Waals surface area contributed by atoms with Crippen molar-refractivity contribution in [3.63, 3.8) is 0 Å². The van der Waals surface area contributed by atoms with Crippen LogP contribution in [0.4, 0.5) is 0 Å². The molecule has 0 bridgehead atoms. The second-order valence-electron chi connectivity index (χ2n) is 5.16. The zero-order chi connectivity index (χ0) is 17.9. The lowest BCUT2D eigenvalue weighted by molar-refractivity contribution is -0.143. The van der Waals surface area contributed by atoms with Gasteiger partial charge in [0.25, 0.3) is 0 Å². The minimum absolute atomic E-state index is 0.250. The van der Waals surface area contributed by atoms with E-state index in [2.05, 4.69) is 16.0 Å². The standard InChI is InChI=1S/C16H21N3O5/c1-11(20)19-13(16(23)24)9-14(21)18-10-15(22)17-8-7-12-5-3-2-4-6-12/h2-6,13H,7-10H2,1H3,(H,17,22)(H,18,21)(H,19,20)(H,23,24)/t13-/m0/s1. The third kappa shape index (κ3) is 7.92. The molecule has 24 heavy (non-hydrogen) atoms. The molecule has 130 valence electrons. The van der Waals surface area contributed by atoms with Crippen LogP contribution in [0, 0.1) is 0 Å². The summed E-state index contributed by atoms with van der Waals surface area (Å²) in [5.74, 6) is -2.86. The second kappa shape index (κ2) is 9.98. The lowest BCUT2D eigenvalue weighted by Crippen LogP contribution is -2.45. The summed E-state index contributed by atoms with van der Waals surface area (Å²) in [5.41, 5.74) is 1.08. The van der Waals surface area contributed by atoms with E-state index >= 15 is 0 Å². The van der Waals surface area contributed by atoms with Gasteiger partial charge < -0.3 is 21.1 Å². The number of rotatable bonds is 9. The summed E-state index contributed by atoms with van der Waals surface area (Å²) < 4.78 is 0. The van der Waals surface area contributed by atoms with Crippen LogP contribution < -0.4 is 16.0 Å². The third-order valence-electron chi connectivity index (χ3n) is 3.09. The largest absolute Gasteiger partial charge is 0.480 e. The highest BCUT2D eigenvalue weighted by Crippen LogP contribution is 1.98. The van der Waals surface area contributed by atoms with E-state index < -0.39 is 30.2 Å². The normalized spacial score (nSPS) is 11.2. The van der Waals surface area contributed by atoms with Crippen molar-refractivity contribution >= 4 is 23.7 Å². The quantitative estimate of drug-likeness (QED) is 0.481. The van der Waals surface area contributed by atoms with Crippen molar-refractivity contribution < 1.29 is 24.3 Å². The summed E-state index contributed by atoms with van der Waals surface area (Å²) in [6, 6.07) is 8.30. The van der Waals surface area contributed by atoms with Gasteiger partial charge in [-0.25, -0.2) is 4.79 Å². The lowest BCUT2D eigenvalue weighted by atomic mass is 10.1. The first kappa shape index (κ1) is 19.1. The zero-order valence-corrected chi connectivity index (χ0v) is 13.4. The van der Waals surface area contributed by atoms with Gasteiger partial charge in [0.05, 0.1) is 13.0 Å². The predicted octanol–water partition coefficient (Wildman–Crippen LogP) is -0.559. The van der Waals surface area contributed by atoms with Crippen LogP contribution in [0.2, 0.25) is 0 Å². The van der Waals surface area contributed by atoms with Crippen molar-refractivity contribution in [3.8, 4) is 0 Å². The summed E-state index contributed by atoms with van der Waals surface area (Å²) in [5, 5.41) is 16.0. The second-order valence-corrected chi connectivity index (χ2v) is 5.16. The highest BCUT2D eigenvalue weighted by molar-refractivity contribution is 5.90. The van der Waals surface area contributed by atoms with E-state index in [1.54, 1.807) is 0 Å². The topological polar surface area (TPSA) is 125 Å². The van der Waals surface area contributed by atoms with E-state index in [4.69, 9.17) is 5.11 Å². The Morgan fingerprint density at radius 1 is 1.04 bits per heavy atom. The number of benzene rings is 1. The molecular formula is C16H21N3O5. The highest BCUT2D eigenvalue weighted by Gasteiger charge is 2.22. The number of carboxylic acid groups (broad SMARTS) is 1. The molecule has 0 unspecified atom stereocenters. The Morgan fingerprint density at radius 2 is 1.71 bits per heavy atom. The molecule has 0 aromatic heterocycles. The maximum absolute atomic E-state index is 11.6. The van der Waals surface area contributed by atoms with Gasteiger partial charge in [-0.15, -0.1) is 0 Å². The van der Waals surface area contributed by atoms with Gasteiger partial charge in [0.2, 0.25) is 17.7 Å². The minimum Gasteiger partial charge on any atom is -0.480 e. The Labute approximate surface area is 139 Å². The van der Waals surface area contributed by atoms with Gasteiger partial charge in [0, 0.05) is 13.5 Å². The molecule has 4 N–H and O–H groups in total. The van der Waals surface area contributed by atoms with E-state index in [-0.39, 0.29) is 12.5 Å². The molecule has 0 saturated heterocycles. The number of carbonyl (C=O) groups excluding carboxylic acids is 3. The van der Waals surface area contributed by atoms with Crippen molar-refractivity contribution in [2.24, 2.45) is 0 Å². The molecule has 0 radical (unpaired) electrons. The average molecular weight is 335 g/mol. The van der Waals surface area contributed by atoms with Crippen LogP contribution in [0.15, 0.2) is 30.3 Å². The van der Waals surface area contributed by atoms with Crippen molar-refractivity contribution in [3.05, 3.63) is 35.9 Å². The van der Waals surface area contributed by atoms with E-state index in [0.717, 1.165) is 12.5 Å². The number of nitrogens with one attached hydrogen (secondary N) is 3. The van der Waals surface area contributed by atoms with Crippen LogP contribution in [0.1, 0.15) is 18.9 Å². The van der Waals surface area contributed by atoms with E-state index in [9.17, 15) is 19.2 Å². The van der Waals surface area contributed by atoms with Crippen LogP contribution in [-0.4, -0.2) is 47.9 Å². The fourth-order valence-electron chi connectivity index (χ4n) is 1.94. The van der Waals surface area contributed by atoms with E-state index in [1.807, 2.05) is 30.3 Å². The SMILES string of the molecule is CC(=O)N[C@@H](CC(=O)NCC(=O)NCCc1ccccc1)C(=O)O. The Kier molecular flexibility index (Phi) is 7.97. The van der Waals surface area contributed by atoms with Gasteiger partial charge in [0.1, 0.15) is 6.04 Å². The monoisotopic (exact) mass is 335 g/mol. The number of aliphatic carboxylic acids is 1. The molecule has 0 heterocycles. The van der Waals surface area contributed by atoms with Crippen molar-refractivity contribution in [2.75, 3.05) is 13.1 Å². The molecule has 0 spiro atoms. The van der Waals surface area contributed by atoms with Gasteiger partial charge in [-0.2, -0.15) is 0 Å². The third-order valence-corrected chi connectivity index (χ3v) is 3.09. The number of hydrogen-bond acceptors (Lipinski definition) is 4. The lowest BCUT2D eigenvalue weighted by Gasteiger charge is -2.13. The number of carbonyl (C=O) groups is 4. The Morgan fingerprint density at radius 3 is 2.29 bits per heavy atom. The smallest absolute Gasteiger partial charge is 0.326 e. The first-order chi connectivity index (χ1) is 11.4. The number of hydrogen-bond donors (Lipinski definition) is 4. The van der Waals surface area contributed by atoms with Gasteiger partial charge in [-0.1, -0.05) is 30.3 Å². The first-order valence-electron chi connectivity index (χ1n) is 7.45. The molecule has 1 rings (SSSR count). The van der Waals surface area contributed by atoms with Crippen LogP contribution in [-0.2, 0) is 25.6 Å². The molecule has 0 aliphatic carbocycles. The summed E-state index contributed by atoms with van der Waals surface area (Å²) >= 11 is 0. The van der Waals surface area contributed by atoms with Crippen LogP contribution in [0.25, 0.3) is 0 Å². The minimum atomic E-state index is -1.32. The summed E-state index contributed by atoms with van der Waals surface area (Å²) in [6.07, 6.45) is 0.232. The molecule has 8 nitrogen and oxygen atoms in total. The molecule has 8 heteroatoms. The van der Waals surface area contributed by atoms with Gasteiger partial charge in [-0.05, 0) is 12.0 Å². The maximum atomic E-state index is 11.6. The molecule has 1 aromatic carbocycles. The molecule has 1 atom stereocenters. The average Bonchev–Trinajstić information content (AvgIpc) is 2.53. The maximum Gasteiger partial charge on any atom is 0.326 e. The van der Waals surface area contributed by atoms with Crippen molar-refractivity contribution in [1.29, 1.82) is 0 Å². The molecule has 0 saturated carbocycles. The first-order valence-corrected chi connectivity index (χ1v) is 7.45. The van der Waals surface area contributed by atoms with E-state index in [0.29, 0.717) is 13.0 Å². The highest BCUT2D eigenvalue weighted by atomic mass is 16.4. The number of carboxylic acids is 1. The fourth-order valence-corrected chi connectivity index (χ4v) is 1.94. The van der Waals surface area contributed by atoms with E-state index in [1.165, 1.54) is 0 Å². The molecule has 0 aliphatic rings. The molecule has 0 fully saturated rings. The number of amides is 3. The Balaban J connectivity index is 2.26. The van der Waals surface area contributed by atoms with Crippen LogP contribution >= 0.6 is 0 Å². The fraction of sp³-hybridized carbons (Fsp3) is 0.375. The van der Waals surface area contributed by atoms with Crippen LogP contribution in [0.3, 0.4) is 0 Å². The van der Waals surface area contributed by atoms with Gasteiger partial charge in [0.15, 0.2) is 0 Å². The summed E-state index contributed by atoms with van der Waals surface area (Å²) in [6.45, 7) is 1.34. The molecule has 3 amide bonds. The summed E-state index contributed by atoms with van der Waals surface area (Å²) in [7, 11) is 0. The Hall–Kier alpha value is -2.90. The Bertz CT molecular complexity index is 589. The van der Waals surface area contributed by atoms with Gasteiger partial charge in [-0.3, -0.25) is 14.4 Å². The molecule has 1 aromatic rings. The van der Waals surface area contributed by atoms with Crippen LogP contribution in [0.5, 0.6) is 0 Å². The molecular weight excluding hydrogens is 314 g/mol. The zero-order valence-electron chi connectivity index (χ0n) is 13.4. The van der Waals surface area contributed by atoms with Crippen molar-refractivity contribution in [1.82, 2.24) is 16.0 Å². The van der Waals surface area contributed by atoms with Gasteiger partial charge >= 0.3 is 5.97 Å². The molecule has 0 aliphatic heterocycles.